The van der Waals surface area contributed by atoms with Crippen LogP contribution in [0, 0.1) is 11.6 Å². The highest BCUT2D eigenvalue weighted by Crippen LogP contribution is 2.15. The van der Waals surface area contributed by atoms with Gasteiger partial charge in [0.15, 0.2) is 0 Å². The number of hydrogen-bond donors (Lipinski definition) is 1. The number of urea groups is 1. The molecule has 0 radical (unpaired) electrons. The van der Waals surface area contributed by atoms with Crippen LogP contribution >= 0.6 is 0 Å². The number of nitrogens with zero attached hydrogens (tertiary/aromatic N) is 1. The van der Waals surface area contributed by atoms with Crippen LogP contribution in [0.3, 0.4) is 0 Å². The number of amides is 2. The molecule has 3 nitrogen and oxygen atoms in total. The van der Waals surface area contributed by atoms with Crippen LogP contribution in [0.4, 0.5) is 19.3 Å². The Morgan fingerprint density at radius 1 is 1.21 bits per heavy atom. The van der Waals surface area contributed by atoms with Crippen LogP contribution in [-0.2, 0) is 0 Å². The molecule has 1 aromatic carbocycles. The van der Waals surface area contributed by atoms with Gasteiger partial charge in [-0.2, -0.15) is 0 Å². The minimum absolute atomic E-state index is 0.138. The van der Waals surface area contributed by atoms with Gasteiger partial charge in [-0.15, -0.1) is 0 Å². The Kier molecular flexibility index (Phi) is 2.07. The second-order valence-electron chi connectivity index (χ2n) is 3.08. The molecule has 2 amide bonds. The zero-order chi connectivity index (χ0) is 10.1. The first kappa shape index (κ1) is 8.93. The van der Waals surface area contributed by atoms with Crippen molar-refractivity contribution in [3.05, 3.63) is 29.8 Å². The van der Waals surface area contributed by atoms with Crippen molar-refractivity contribution in [1.29, 1.82) is 0 Å². The van der Waals surface area contributed by atoms with Crippen molar-refractivity contribution < 1.29 is 13.6 Å². The van der Waals surface area contributed by atoms with Crippen LogP contribution in [0.2, 0.25) is 0 Å². The molecule has 0 atom stereocenters. The second kappa shape index (κ2) is 3.25. The molecule has 0 bridgehead atoms. The lowest BCUT2D eigenvalue weighted by atomic mass is 10.3. The number of hydrogen-bond acceptors (Lipinski definition) is 1. The van der Waals surface area contributed by atoms with Crippen LogP contribution in [0.1, 0.15) is 0 Å². The van der Waals surface area contributed by atoms with E-state index in [1.807, 2.05) is 0 Å². The highest BCUT2D eigenvalue weighted by atomic mass is 19.1. The molecule has 0 aliphatic carbocycles. The van der Waals surface area contributed by atoms with Gasteiger partial charge in [-0.05, 0) is 12.1 Å². The van der Waals surface area contributed by atoms with E-state index in [4.69, 9.17) is 0 Å². The van der Waals surface area contributed by atoms with E-state index in [0.29, 0.717) is 13.1 Å². The molecule has 1 aliphatic rings. The summed E-state index contributed by atoms with van der Waals surface area (Å²) in [4.78, 5) is 12.7. The molecule has 0 saturated carbocycles. The summed E-state index contributed by atoms with van der Waals surface area (Å²) in [6, 6.07) is 2.58. The maximum absolute atomic E-state index is 12.7. The quantitative estimate of drug-likeness (QED) is 0.686. The Hall–Kier alpha value is -1.65. The molecule has 1 fully saturated rings. The van der Waals surface area contributed by atoms with Gasteiger partial charge in [0.05, 0.1) is 0 Å². The standard InChI is InChI=1S/C9H8F2N2O/c10-6-3-7(11)5-8(4-6)12-9(14)13-1-2-13/h3-5H,1-2H2,(H,12,14). The summed E-state index contributed by atoms with van der Waals surface area (Å²) >= 11 is 0. The smallest absolute Gasteiger partial charge is 0.321 e. The predicted octanol–water partition coefficient (Wildman–Crippen LogP) is 1.81. The number of nitrogens with one attached hydrogen (secondary N) is 1. The number of halogens is 2. The molecule has 1 aromatic rings. The van der Waals surface area contributed by atoms with E-state index in [9.17, 15) is 13.6 Å². The third kappa shape index (κ3) is 1.99. The first-order valence-electron chi connectivity index (χ1n) is 4.17. The molecule has 0 aromatic heterocycles. The monoisotopic (exact) mass is 198 g/mol. The van der Waals surface area contributed by atoms with E-state index in [1.165, 1.54) is 4.90 Å². The number of anilines is 1. The number of carbonyl (C=O) groups excluding carboxylic acids is 1. The van der Waals surface area contributed by atoms with Crippen molar-refractivity contribution in [2.75, 3.05) is 18.4 Å². The average Bonchev–Trinajstić information content (AvgIpc) is 2.82. The Morgan fingerprint density at radius 2 is 1.79 bits per heavy atom. The zero-order valence-electron chi connectivity index (χ0n) is 7.26. The summed E-state index contributed by atoms with van der Waals surface area (Å²) in [5.41, 5.74) is 0.138. The van der Waals surface area contributed by atoms with E-state index in [0.717, 1.165) is 18.2 Å². The molecule has 74 valence electrons. The summed E-state index contributed by atoms with van der Waals surface area (Å²) < 4.78 is 25.4. The van der Waals surface area contributed by atoms with Crippen molar-refractivity contribution in [3.63, 3.8) is 0 Å². The summed E-state index contributed by atoms with van der Waals surface area (Å²) in [5.74, 6) is -1.41. The Balaban J connectivity index is 2.11. The molecule has 0 spiro atoms. The molecular weight excluding hydrogens is 190 g/mol. The number of carbonyl (C=O) groups is 1. The lowest BCUT2D eigenvalue weighted by Crippen LogP contribution is -2.18. The maximum atomic E-state index is 12.7. The van der Waals surface area contributed by atoms with Crippen LogP contribution in [0.5, 0.6) is 0 Å². The topological polar surface area (TPSA) is 32.1 Å². The fourth-order valence-electron chi connectivity index (χ4n) is 1.08. The van der Waals surface area contributed by atoms with Gasteiger partial charge >= 0.3 is 6.03 Å². The summed E-state index contributed by atoms with van der Waals surface area (Å²) in [6.45, 7) is 1.40. The molecule has 1 saturated heterocycles. The van der Waals surface area contributed by atoms with Gasteiger partial charge in [-0.3, -0.25) is 0 Å². The van der Waals surface area contributed by atoms with E-state index in [-0.39, 0.29) is 11.7 Å². The maximum Gasteiger partial charge on any atom is 0.321 e. The number of rotatable bonds is 1. The molecule has 14 heavy (non-hydrogen) atoms. The van der Waals surface area contributed by atoms with E-state index in [1.54, 1.807) is 0 Å². The average molecular weight is 198 g/mol. The predicted molar refractivity (Wildman–Crippen MR) is 46.9 cm³/mol. The Bertz CT molecular complexity index is 357. The van der Waals surface area contributed by atoms with Gasteiger partial charge in [-0.1, -0.05) is 0 Å². The SMILES string of the molecule is O=C(Nc1cc(F)cc(F)c1)N1CC1. The van der Waals surface area contributed by atoms with Crippen molar-refractivity contribution in [1.82, 2.24) is 4.90 Å². The first-order chi connectivity index (χ1) is 6.65. The third-order valence-electron chi connectivity index (χ3n) is 1.85. The fraction of sp³-hybridized carbons (Fsp3) is 0.222. The highest BCUT2D eigenvalue weighted by molar-refractivity contribution is 5.90. The Labute approximate surface area is 79.3 Å². The van der Waals surface area contributed by atoms with Gasteiger partial charge in [0.1, 0.15) is 11.6 Å². The first-order valence-corrected chi connectivity index (χ1v) is 4.17. The van der Waals surface area contributed by atoms with Crippen molar-refractivity contribution in [2.45, 2.75) is 0 Å². The van der Waals surface area contributed by atoms with Crippen LogP contribution in [-0.4, -0.2) is 24.0 Å². The van der Waals surface area contributed by atoms with E-state index in [2.05, 4.69) is 5.32 Å². The van der Waals surface area contributed by atoms with Gasteiger partial charge in [-0.25, -0.2) is 13.6 Å². The highest BCUT2D eigenvalue weighted by Gasteiger charge is 2.23. The van der Waals surface area contributed by atoms with Crippen molar-refractivity contribution in [2.24, 2.45) is 0 Å². The Morgan fingerprint density at radius 3 is 2.29 bits per heavy atom. The normalized spacial score (nSPS) is 14.0. The van der Waals surface area contributed by atoms with Crippen molar-refractivity contribution >= 4 is 11.7 Å². The molecule has 5 heteroatoms. The summed E-state index contributed by atoms with van der Waals surface area (Å²) in [5, 5.41) is 2.39. The third-order valence-corrected chi connectivity index (χ3v) is 1.85. The molecule has 1 aliphatic heterocycles. The lowest BCUT2D eigenvalue weighted by Gasteiger charge is -2.05. The summed E-state index contributed by atoms with van der Waals surface area (Å²) in [7, 11) is 0. The van der Waals surface area contributed by atoms with Gasteiger partial charge in [0.25, 0.3) is 0 Å². The van der Waals surface area contributed by atoms with Gasteiger partial charge < -0.3 is 10.2 Å². The van der Waals surface area contributed by atoms with Crippen LogP contribution in [0.25, 0.3) is 0 Å². The van der Waals surface area contributed by atoms with E-state index < -0.39 is 11.6 Å². The zero-order valence-corrected chi connectivity index (χ0v) is 7.26. The largest absolute Gasteiger partial charge is 0.321 e. The van der Waals surface area contributed by atoms with Gasteiger partial charge in [0.2, 0.25) is 0 Å². The molecular formula is C9H8F2N2O. The second-order valence-corrected chi connectivity index (χ2v) is 3.08. The molecule has 1 heterocycles. The summed E-state index contributed by atoms with van der Waals surface area (Å²) in [6.07, 6.45) is 0. The van der Waals surface area contributed by atoms with E-state index >= 15 is 0 Å². The molecule has 2 rings (SSSR count). The van der Waals surface area contributed by atoms with Crippen molar-refractivity contribution in [3.8, 4) is 0 Å². The molecule has 0 unspecified atom stereocenters. The minimum Gasteiger partial charge on any atom is -0.321 e. The lowest BCUT2D eigenvalue weighted by molar-refractivity contribution is 0.242. The fourth-order valence-corrected chi connectivity index (χ4v) is 1.08. The van der Waals surface area contributed by atoms with Gasteiger partial charge in [0, 0.05) is 24.8 Å². The van der Waals surface area contributed by atoms with Crippen LogP contribution < -0.4 is 5.32 Å². The molecule has 1 N–H and O–H groups in total. The minimum atomic E-state index is -0.703. The van der Waals surface area contributed by atoms with Crippen LogP contribution in [0.15, 0.2) is 18.2 Å². The number of benzene rings is 1.